The van der Waals surface area contributed by atoms with Crippen LogP contribution in [0.5, 0.6) is 0 Å². The minimum Gasteiger partial charge on any atom is -0.378 e. The van der Waals surface area contributed by atoms with Crippen LogP contribution >= 0.6 is 0 Å². The van der Waals surface area contributed by atoms with Gasteiger partial charge in [0.05, 0.1) is 5.41 Å². The molecule has 2 aliphatic rings. The number of anilines is 4. The van der Waals surface area contributed by atoms with E-state index in [-0.39, 0.29) is 0 Å². The maximum absolute atomic E-state index is 4.48. The van der Waals surface area contributed by atoms with Gasteiger partial charge in [0.2, 0.25) is 0 Å². The molecule has 1 aliphatic heterocycles. The van der Waals surface area contributed by atoms with Gasteiger partial charge in [0, 0.05) is 93.9 Å². The topological polar surface area (TPSA) is 35.5 Å². The van der Waals surface area contributed by atoms with Crippen LogP contribution < -0.4 is 14.7 Å². The van der Waals surface area contributed by atoms with Gasteiger partial charge in [-0.05, 0) is 58.7 Å². The van der Waals surface area contributed by atoms with E-state index in [1.54, 1.807) is 0 Å². The number of benzene rings is 2. The number of fused-ring (bicyclic) bond motifs is 9. The van der Waals surface area contributed by atoms with Gasteiger partial charge in [-0.3, -0.25) is 9.97 Å². The summed E-state index contributed by atoms with van der Waals surface area (Å²) >= 11 is 0. The molecular formula is C28H27N5. The molecule has 0 fully saturated rings. The number of rotatable bonds is 2. The first-order valence-corrected chi connectivity index (χ1v) is 11.2. The first kappa shape index (κ1) is 19.8. The SMILES string of the molecule is CN(C)c1ccc2c(c1)N(C)c1cc(N(C)C)ccc1C21c2ccncc2-c2cnccc21. The van der Waals surface area contributed by atoms with Crippen molar-refractivity contribution >= 4 is 22.7 Å². The highest BCUT2D eigenvalue weighted by Gasteiger charge is 2.51. The van der Waals surface area contributed by atoms with E-state index < -0.39 is 5.41 Å². The van der Waals surface area contributed by atoms with Crippen LogP contribution in [0.25, 0.3) is 11.1 Å². The molecule has 0 N–H and O–H groups in total. The van der Waals surface area contributed by atoms with Gasteiger partial charge < -0.3 is 14.7 Å². The Bertz CT molecular complexity index is 1300. The summed E-state index contributed by atoms with van der Waals surface area (Å²) in [6, 6.07) is 18.1. The second kappa shape index (κ2) is 6.82. The molecule has 5 nitrogen and oxygen atoms in total. The third kappa shape index (κ3) is 2.48. The summed E-state index contributed by atoms with van der Waals surface area (Å²) in [5.74, 6) is 0. The van der Waals surface area contributed by atoms with Crippen LogP contribution in [-0.4, -0.2) is 45.2 Å². The van der Waals surface area contributed by atoms with Crippen molar-refractivity contribution in [2.45, 2.75) is 5.41 Å². The summed E-state index contributed by atoms with van der Waals surface area (Å²) in [6.07, 6.45) is 7.81. The highest BCUT2D eigenvalue weighted by atomic mass is 15.1. The van der Waals surface area contributed by atoms with Gasteiger partial charge in [0.25, 0.3) is 0 Å². The summed E-state index contributed by atoms with van der Waals surface area (Å²) in [6.45, 7) is 0. The average Bonchev–Trinajstić information content (AvgIpc) is 3.13. The number of nitrogens with zero attached hydrogens (tertiary/aromatic N) is 5. The van der Waals surface area contributed by atoms with E-state index in [1.807, 2.05) is 24.8 Å². The Morgan fingerprint density at radius 3 is 1.52 bits per heavy atom. The second-order valence-corrected chi connectivity index (χ2v) is 9.34. The van der Waals surface area contributed by atoms with Crippen molar-refractivity contribution in [1.82, 2.24) is 9.97 Å². The molecule has 0 saturated carbocycles. The van der Waals surface area contributed by atoms with E-state index in [9.17, 15) is 0 Å². The molecule has 5 heteroatoms. The predicted molar refractivity (Wildman–Crippen MR) is 136 cm³/mol. The molecule has 1 spiro atoms. The molecule has 2 aromatic carbocycles. The van der Waals surface area contributed by atoms with Crippen molar-refractivity contribution < 1.29 is 0 Å². The van der Waals surface area contributed by atoms with Crippen LogP contribution in [0.1, 0.15) is 22.3 Å². The number of pyridine rings is 2. The van der Waals surface area contributed by atoms with E-state index in [2.05, 4.69) is 108 Å². The molecule has 164 valence electrons. The fourth-order valence-corrected chi connectivity index (χ4v) is 5.66. The Labute approximate surface area is 194 Å². The molecule has 6 rings (SSSR count). The van der Waals surface area contributed by atoms with Crippen LogP contribution in [0, 0.1) is 0 Å². The van der Waals surface area contributed by atoms with E-state index in [0.717, 1.165) is 11.1 Å². The molecule has 0 amide bonds. The normalized spacial score (nSPS) is 14.4. The highest BCUT2D eigenvalue weighted by molar-refractivity contribution is 5.93. The lowest BCUT2D eigenvalue weighted by Gasteiger charge is -2.44. The standard InChI is InChI=1S/C28H27N5/c1-31(2)18-6-8-24-26(14-18)33(5)27-15-19(32(3)4)7-9-25(27)28(24)22-10-12-29-16-20(22)21-17-30-13-11-23(21)28/h6-17H,1-5H3. The Morgan fingerprint density at radius 1 is 0.636 bits per heavy atom. The van der Waals surface area contributed by atoms with Gasteiger partial charge in [-0.15, -0.1) is 0 Å². The van der Waals surface area contributed by atoms with Crippen LogP contribution in [-0.2, 0) is 5.41 Å². The molecular weight excluding hydrogens is 406 g/mol. The van der Waals surface area contributed by atoms with Crippen molar-refractivity contribution in [1.29, 1.82) is 0 Å². The molecule has 3 heterocycles. The smallest absolute Gasteiger partial charge is 0.0756 e. The van der Waals surface area contributed by atoms with Crippen molar-refractivity contribution in [2.75, 3.05) is 49.9 Å². The van der Waals surface area contributed by atoms with Gasteiger partial charge >= 0.3 is 0 Å². The van der Waals surface area contributed by atoms with Crippen molar-refractivity contribution in [3.05, 3.63) is 95.6 Å². The molecule has 1 aliphatic carbocycles. The largest absolute Gasteiger partial charge is 0.378 e. The lowest BCUT2D eigenvalue weighted by atomic mass is 9.65. The Balaban J connectivity index is 1.79. The molecule has 0 unspecified atom stereocenters. The van der Waals surface area contributed by atoms with Gasteiger partial charge in [-0.2, -0.15) is 0 Å². The fraction of sp³-hybridized carbons (Fsp3) is 0.214. The monoisotopic (exact) mass is 433 g/mol. The summed E-state index contributed by atoms with van der Waals surface area (Å²) in [4.78, 5) is 15.6. The number of hydrogen-bond donors (Lipinski definition) is 0. The fourth-order valence-electron chi connectivity index (χ4n) is 5.66. The van der Waals surface area contributed by atoms with Crippen LogP contribution in [0.2, 0.25) is 0 Å². The Hall–Kier alpha value is -3.86. The Kier molecular flexibility index (Phi) is 4.09. The lowest BCUT2D eigenvalue weighted by molar-refractivity contribution is 0.745. The lowest BCUT2D eigenvalue weighted by Crippen LogP contribution is -2.36. The third-order valence-electron chi connectivity index (χ3n) is 7.27. The summed E-state index contributed by atoms with van der Waals surface area (Å²) < 4.78 is 0. The minimum atomic E-state index is -0.413. The molecule has 4 aromatic rings. The van der Waals surface area contributed by atoms with Crippen LogP contribution in [0.4, 0.5) is 22.7 Å². The molecule has 0 atom stereocenters. The number of hydrogen-bond acceptors (Lipinski definition) is 5. The molecule has 2 aromatic heterocycles. The molecule has 0 radical (unpaired) electrons. The summed E-state index contributed by atoms with van der Waals surface area (Å²) in [5, 5.41) is 0. The van der Waals surface area contributed by atoms with Gasteiger partial charge in [-0.1, -0.05) is 12.1 Å². The second-order valence-electron chi connectivity index (χ2n) is 9.34. The van der Waals surface area contributed by atoms with E-state index >= 15 is 0 Å². The van der Waals surface area contributed by atoms with Crippen molar-refractivity contribution in [2.24, 2.45) is 0 Å². The first-order chi connectivity index (χ1) is 15.9. The quantitative estimate of drug-likeness (QED) is 0.389. The molecule has 33 heavy (non-hydrogen) atoms. The summed E-state index contributed by atoms with van der Waals surface area (Å²) in [7, 11) is 10.6. The zero-order valence-electron chi connectivity index (χ0n) is 19.7. The van der Waals surface area contributed by atoms with E-state index in [0.29, 0.717) is 0 Å². The summed E-state index contributed by atoms with van der Waals surface area (Å²) in [5.41, 5.74) is 11.8. The van der Waals surface area contributed by atoms with E-state index in [1.165, 1.54) is 45.0 Å². The van der Waals surface area contributed by atoms with E-state index in [4.69, 9.17) is 0 Å². The molecule has 0 bridgehead atoms. The van der Waals surface area contributed by atoms with Gasteiger partial charge in [-0.25, -0.2) is 0 Å². The van der Waals surface area contributed by atoms with Crippen LogP contribution in [0.3, 0.4) is 0 Å². The zero-order valence-corrected chi connectivity index (χ0v) is 19.7. The van der Waals surface area contributed by atoms with Gasteiger partial charge in [0.1, 0.15) is 0 Å². The average molecular weight is 434 g/mol. The van der Waals surface area contributed by atoms with Crippen LogP contribution in [0.15, 0.2) is 73.3 Å². The molecule has 0 saturated heterocycles. The zero-order chi connectivity index (χ0) is 22.9. The van der Waals surface area contributed by atoms with Crippen molar-refractivity contribution in [3.63, 3.8) is 0 Å². The van der Waals surface area contributed by atoms with Crippen molar-refractivity contribution in [3.8, 4) is 11.1 Å². The maximum Gasteiger partial charge on any atom is 0.0756 e. The highest BCUT2D eigenvalue weighted by Crippen LogP contribution is 2.62. The predicted octanol–water partition coefficient (Wildman–Crippen LogP) is 5.05. The number of aromatic nitrogens is 2. The first-order valence-electron chi connectivity index (χ1n) is 11.2. The minimum absolute atomic E-state index is 0.413. The Morgan fingerprint density at radius 2 is 1.09 bits per heavy atom. The maximum atomic E-state index is 4.48. The van der Waals surface area contributed by atoms with Gasteiger partial charge in [0.15, 0.2) is 0 Å². The third-order valence-corrected chi connectivity index (χ3v) is 7.27.